The zero-order valence-corrected chi connectivity index (χ0v) is 12.1. The quantitative estimate of drug-likeness (QED) is 0.919. The van der Waals surface area contributed by atoms with Crippen molar-refractivity contribution in [2.24, 2.45) is 0 Å². The summed E-state index contributed by atoms with van der Waals surface area (Å²) >= 11 is 11.9. The van der Waals surface area contributed by atoms with E-state index in [9.17, 15) is 5.11 Å². The number of rotatable bonds is 3. The Morgan fingerprint density at radius 1 is 1.21 bits per heavy atom. The summed E-state index contributed by atoms with van der Waals surface area (Å²) in [7, 11) is 0. The summed E-state index contributed by atoms with van der Waals surface area (Å²) in [5, 5.41) is 10.3. The Morgan fingerprint density at radius 2 is 1.95 bits per heavy atom. The van der Waals surface area contributed by atoms with Crippen molar-refractivity contribution in [3.8, 4) is 11.6 Å². The molecule has 0 radical (unpaired) electrons. The van der Waals surface area contributed by atoms with Gasteiger partial charge in [0.25, 0.3) is 0 Å². The van der Waals surface area contributed by atoms with Gasteiger partial charge in [-0.2, -0.15) is 0 Å². The van der Waals surface area contributed by atoms with Crippen LogP contribution in [0, 0.1) is 13.8 Å². The molecule has 1 aromatic heterocycles. The lowest BCUT2D eigenvalue weighted by Gasteiger charge is -2.13. The minimum absolute atomic E-state index is 0.139. The molecule has 2 aromatic rings. The highest BCUT2D eigenvalue weighted by atomic mass is 35.5. The molecule has 0 amide bonds. The predicted molar refractivity (Wildman–Crippen MR) is 76.2 cm³/mol. The van der Waals surface area contributed by atoms with Gasteiger partial charge in [0.1, 0.15) is 5.75 Å². The van der Waals surface area contributed by atoms with Crippen LogP contribution >= 0.6 is 23.2 Å². The second-order valence-corrected chi connectivity index (χ2v) is 5.04. The summed E-state index contributed by atoms with van der Waals surface area (Å²) in [5.74, 6) is 0.822. The minimum atomic E-state index is -0.139. The lowest BCUT2D eigenvalue weighted by molar-refractivity contribution is 0.274. The maximum atomic E-state index is 9.41. The highest BCUT2D eigenvalue weighted by molar-refractivity contribution is 6.35. The van der Waals surface area contributed by atoms with E-state index >= 15 is 0 Å². The summed E-state index contributed by atoms with van der Waals surface area (Å²) in [6.07, 6.45) is 0. The van der Waals surface area contributed by atoms with Gasteiger partial charge in [0, 0.05) is 16.3 Å². The fourth-order valence-electron chi connectivity index (χ4n) is 1.77. The molecular weight excluding hydrogens is 285 g/mol. The molecule has 1 heterocycles. The number of pyridine rings is 1. The van der Waals surface area contributed by atoms with E-state index in [1.54, 1.807) is 18.2 Å². The molecule has 1 N–H and O–H groups in total. The molecule has 0 fully saturated rings. The van der Waals surface area contributed by atoms with Crippen molar-refractivity contribution in [1.29, 1.82) is 0 Å². The van der Waals surface area contributed by atoms with Gasteiger partial charge >= 0.3 is 0 Å². The molecule has 0 saturated heterocycles. The first-order valence-electron chi connectivity index (χ1n) is 5.72. The van der Waals surface area contributed by atoms with Gasteiger partial charge in [0.15, 0.2) is 0 Å². The molecule has 0 saturated carbocycles. The molecule has 19 heavy (non-hydrogen) atoms. The van der Waals surface area contributed by atoms with Gasteiger partial charge in [-0.15, -0.1) is 0 Å². The van der Waals surface area contributed by atoms with Gasteiger partial charge < -0.3 is 9.84 Å². The maximum absolute atomic E-state index is 9.41. The summed E-state index contributed by atoms with van der Waals surface area (Å²) in [5.41, 5.74) is 2.39. The monoisotopic (exact) mass is 297 g/mol. The average Bonchev–Trinajstić information content (AvgIpc) is 2.32. The number of hydrogen-bond acceptors (Lipinski definition) is 3. The van der Waals surface area contributed by atoms with Crippen LogP contribution in [0.2, 0.25) is 10.0 Å². The molecule has 100 valence electrons. The summed E-state index contributed by atoms with van der Waals surface area (Å²) < 4.78 is 5.69. The molecule has 0 unspecified atom stereocenters. The fourth-order valence-corrected chi connectivity index (χ4v) is 2.21. The Hall–Kier alpha value is -1.29. The largest absolute Gasteiger partial charge is 0.437 e. The zero-order chi connectivity index (χ0) is 14.0. The molecule has 0 aliphatic rings. The number of aliphatic hydroxyl groups excluding tert-OH is 1. The van der Waals surface area contributed by atoms with E-state index < -0.39 is 0 Å². The van der Waals surface area contributed by atoms with Crippen LogP contribution in [0.4, 0.5) is 0 Å². The number of ether oxygens (including phenoxy) is 1. The Morgan fingerprint density at radius 3 is 2.58 bits per heavy atom. The third-order valence-electron chi connectivity index (χ3n) is 2.70. The van der Waals surface area contributed by atoms with Crippen molar-refractivity contribution < 1.29 is 9.84 Å². The molecule has 0 aliphatic heterocycles. The van der Waals surface area contributed by atoms with E-state index in [2.05, 4.69) is 4.98 Å². The van der Waals surface area contributed by atoms with Crippen LogP contribution in [0.3, 0.4) is 0 Å². The van der Waals surface area contributed by atoms with Crippen LogP contribution < -0.4 is 4.74 Å². The minimum Gasteiger partial charge on any atom is -0.437 e. The van der Waals surface area contributed by atoms with Gasteiger partial charge in [-0.25, -0.2) is 4.98 Å². The van der Waals surface area contributed by atoms with Crippen LogP contribution in [0.1, 0.15) is 16.8 Å². The number of hydrogen-bond donors (Lipinski definition) is 1. The second kappa shape index (κ2) is 5.78. The molecule has 0 spiro atoms. The number of aromatic nitrogens is 1. The summed E-state index contributed by atoms with van der Waals surface area (Å²) in [4.78, 5) is 4.29. The van der Waals surface area contributed by atoms with Gasteiger partial charge in [-0.1, -0.05) is 23.2 Å². The molecule has 2 rings (SSSR count). The molecule has 1 aromatic carbocycles. The van der Waals surface area contributed by atoms with Gasteiger partial charge in [-0.3, -0.25) is 0 Å². The van der Waals surface area contributed by atoms with Crippen molar-refractivity contribution in [2.45, 2.75) is 20.5 Å². The molecule has 3 nitrogen and oxygen atoms in total. The summed E-state index contributed by atoms with van der Waals surface area (Å²) in [6, 6.07) is 6.84. The Balaban J connectivity index is 2.42. The Bertz CT molecular complexity index is 615. The fraction of sp³-hybridized carbons (Fsp3) is 0.214. The predicted octanol–water partition coefficient (Wildman–Crippen LogP) is 4.29. The van der Waals surface area contributed by atoms with E-state index in [0.717, 1.165) is 11.3 Å². The van der Waals surface area contributed by atoms with E-state index in [-0.39, 0.29) is 6.61 Å². The zero-order valence-electron chi connectivity index (χ0n) is 10.6. The first-order valence-corrected chi connectivity index (χ1v) is 6.47. The first kappa shape index (κ1) is 14.1. The Kier molecular flexibility index (Phi) is 4.30. The van der Waals surface area contributed by atoms with Gasteiger partial charge in [-0.05, 0) is 43.7 Å². The van der Waals surface area contributed by atoms with Crippen LogP contribution in [-0.2, 0) is 6.61 Å². The SMILES string of the molecule is Cc1cc(C)c(CO)c(Oc2ccc(Cl)cc2Cl)n1. The maximum Gasteiger partial charge on any atom is 0.225 e. The number of halogens is 2. The molecule has 5 heteroatoms. The third kappa shape index (κ3) is 3.18. The molecule has 0 atom stereocenters. The van der Waals surface area contributed by atoms with Crippen molar-refractivity contribution in [3.63, 3.8) is 0 Å². The normalized spacial score (nSPS) is 10.6. The highest BCUT2D eigenvalue weighted by Gasteiger charge is 2.12. The highest BCUT2D eigenvalue weighted by Crippen LogP contribution is 2.33. The van der Waals surface area contributed by atoms with Crippen LogP contribution in [0.5, 0.6) is 11.6 Å². The van der Waals surface area contributed by atoms with Gasteiger partial charge in [0.2, 0.25) is 5.88 Å². The number of aliphatic hydroxyl groups is 1. The van der Waals surface area contributed by atoms with E-state index in [4.69, 9.17) is 27.9 Å². The summed E-state index contributed by atoms with van der Waals surface area (Å²) in [6.45, 7) is 3.63. The second-order valence-electron chi connectivity index (χ2n) is 4.20. The van der Waals surface area contributed by atoms with Crippen molar-refractivity contribution in [3.05, 3.63) is 51.1 Å². The topological polar surface area (TPSA) is 42.4 Å². The molecule has 0 bridgehead atoms. The van der Waals surface area contributed by atoms with Crippen LogP contribution in [0.15, 0.2) is 24.3 Å². The van der Waals surface area contributed by atoms with Crippen LogP contribution in [0.25, 0.3) is 0 Å². The number of benzene rings is 1. The lowest BCUT2D eigenvalue weighted by Crippen LogP contribution is -2.00. The standard InChI is InChI=1S/C14H13Cl2NO2/c1-8-5-9(2)17-14(11(8)7-18)19-13-4-3-10(15)6-12(13)16/h3-6,18H,7H2,1-2H3. The van der Waals surface area contributed by atoms with E-state index in [1.165, 1.54) is 0 Å². The van der Waals surface area contributed by atoms with E-state index in [1.807, 2.05) is 19.9 Å². The number of nitrogens with zero attached hydrogens (tertiary/aromatic N) is 1. The van der Waals surface area contributed by atoms with Crippen molar-refractivity contribution in [1.82, 2.24) is 4.98 Å². The molecular formula is C14H13Cl2NO2. The number of aryl methyl sites for hydroxylation is 2. The van der Waals surface area contributed by atoms with E-state index in [0.29, 0.717) is 27.2 Å². The van der Waals surface area contributed by atoms with Crippen molar-refractivity contribution >= 4 is 23.2 Å². The smallest absolute Gasteiger partial charge is 0.225 e. The van der Waals surface area contributed by atoms with Gasteiger partial charge in [0.05, 0.1) is 11.6 Å². The Labute approximate surface area is 121 Å². The average molecular weight is 298 g/mol. The van der Waals surface area contributed by atoms with Crippen molar-refractivity contribution in [2.75, 3.05) is 0 Å². The third-order valence-corrected chi connectivity index (χ3v) is 3.23. The first-order chi connectivity index (χ1) is 9.01. The lowest BCUT2D eigenvalue weighted by atomic mass is 10.1. The molecule has 0 aliphatic carbocycles. The van der Waals surface area contributed by atoms with Crippen LogP contribution in [-0.4, -0.2) is 10.1 Å².